The highest BCUT2D eigenvalue weighted by Gasteiger charge is 2.35. The van der Waals surface area contributed by atoms with Gasteiger partial charge in [0.05, 0.1) is 18.1 Å². The SMILES string of the molecule is COc1ccc(C(C)(C)C(=O)NCC2(O)CCCC2)cc1. The summed E-state index contributed by atoms with van der Waals surface area (Å²) in [7, 11) is 1.62. The smallest absolute Gasteiger partial charge is 0.230 e. The molecule has 0 radical (unpaired) electrons. The molecule has 21 heavy (non-hydrogen) atoms. The molecule has 0 aliphatic heterocycles. The van der Waals surface area contributed by atoms with Crippen molar-refractivity contribution in [1.82, 2.24) is 5.32 Å². The Hall–Kier alpha value is -1.55. The van der Waals surface area contributed by atoms with Gasteiger partial charge < -0.3 is 15.2 Å². The van der Waals surface area contributed by atoms with Gasteiger partial charge in [0.2, 0.25) is 5.91 Å². The Bertz CT molecular complexity index is 487. The van der Waals surface area contributed by atoms with E-state index in [4.69, 9.17) is 4.74 Å². The van der Waals surface area contributed by atoms with Crippen LogP contribution in [0.15, 0.2) is 24.3 Å². The highest BCUT2D eigenvalue weighted by atomic mass is 16.5. The van der Waals surface area contributed by atoms with Crippen LogP contribution in [0.4, 0.5) is 0 Å². The summed E-state index contributed by atoms with van der Waals surface area (Å²) in [6.45, 7) is 4.12. The molecule has 2 rings (SSSR count). The highest BCUT2D eigenvalue weighted by molar-refractivity contribution is 5.87. The van der Waals surface area contributed by atoms with E-state index in [2.05, 4.69) is 5.32 Å². The van der Waals surface area contributed by atoms with E-state index in [1.165, 1.54) is 0 Å². The third kappa shape index (κ3) is 3.56. The Labute approximate surface area is 126 Å². The van der Waals surface area contributed by atoms with Gasteiger partial charge in [-0.2, -0.15) is 0 Å². The Balaban J connectivity index is 2.01. The summed E-state index contributed by atoms with van der Waals surface area (Å²) in [5.74, 6) is 0.711. The van der Waals surface area contributed by atoms with Crippen molar-refractivity contribution in [3.63, 3.8) is 0 Å². The fraction of sp³-hybridized carbons (Fsp3) is 0.588. The molecule has 4 heteroatoms. The van der Waals surface area contributed by atoms with E-state index in [9.17, 15) is 9.90 Å². The molecular formula is C17H25NO3. The molecule has 0 bridgehead atoms. The molecule has 1 saturated carbocycles. The predicted molar refractivity (Wildman–Crippen MR) is 82.4 cm³/mol. The van der Waals surface area contributed by atoms with Gasteiger partial charge in [-0.25, -0.2) is 0 Å². The van der Waals surface area contributed by atoms with Crippen molar-refractivity contribution < 1.29 is 14.6 Å². The van der Waals surface area contributed by atoms with E-state index in [1.54, 1.807) is 7.11 Å². The standard InChI is InChI=1S/C17H25NO3/c1-16(2,13-6-8-14(21-3)9-7-13)15(19)18-12-17(20)10-4-5-11-17/h6-9,20H,4-5,10-12H2,1-3H3,(H,18,19). The van der Waals surface area contributed by atoms with Crippen LogP contribution < -0.4 is 10.1 Å². The van der Waals surface area contributed by atoms with Gasteiger partial charge in [0.15, 0.2) is 0 Å². The van der Waals surface area contributed by atoms with Crippen LogP contribution in [0, 0.1) is 0 Å². The maximum absolute atomic E-state index is 12.5. The summed E-state index contributed by atoms with van der Waals surface area (Å²) >= 11 is 0. The summed E-state index contributed by atoms with van der Waals surface area (Å²) in [4.78, 5) is 12.5. The van der Waals surface area contributed by atoms with Gasteiger partial charge in [0.25, 0.3) is 0 Å². The molecule has 1 aliphatic carbocycles. The van der Waals surface area contributed by atoms with Crippen LogP contribution in [0.3, 0.4) is 0 Å². The number of aliphatic hydroxyl groups is 1. The zero-order chi connectivity index (χ0) is 15.5. The van der Waals surface area contributed by atoms with Gasteiger partial charge in [-0.1, -0.05) is 25.0 Å². The van der Waals surface area contributed by atoms with Crippen molar-refractivity contribution in [2.45, 2.75) is 50.5 Å². The molecule has 0 spiro atoms. The van der Waals surface area contributed by atoms with Gasteiger partial charge in [-0.3, -0.25) is 4.79 Å². The first-order valence-corrected chi connectivity index (χ1v) is 7.53. The zero-order valence-corrected chi connectivity index (χ0v) is 13.1. The molecule has 0 saturated heterocycles. The van der Waals surface area contributed by atoms with Crippen molar-refractivity contribution in [3.8, 4) is 5.75 Å². The predicted octanol–water partition coefficient (Wildman–Crippen LogP) is 2.39. The van der Waals surface area contributed by atoms with Crippen LogP contribution in [0.2, 0.25) is 0 Å². The molecule has 2 N–H and O–H groups in total. The second-order valence-corrected chi connectivity index (χ2v) is 6.47. The van der Waals surface area contributed by atoms with Crippen LogP contribution in [-0.2, 0) is 10.2 Å². The fourth-order valence-electron chi connectivity index (χ4n) is 2.81. The summed E-state index contributed by atoms with van der Waals surface area (Å²) < 4.78 is 5.14. The number of carbonyl (C=O) groups excluding carboxylic acids is 1. The lowest BCUT2D eigenvalue weighted by Crippen LogP contribution is -2.47. The van der Waals surface area contributed by atoms with Crippen molar-refractivity contribution in [1.29, 1.82) is 0 Å². The topological polar surface area (TPSA) is 58.6 Å². The minimum absolute atomic E-state index is 0.0620. The fourth-order valence-corrected chi connectivity index (χ4v) is 2.81. The largest absolute Gasteiger partial charge is 0.497 e. The first-order chi connectivity index (χ1) is 9.87. The second kappa shape index (κ2) is 6.06. The number of benzene rings is 1. The van der Waals surface area contributed by atoms with E-state index in [-0.39, 0.29) is 5.91 Å². The minimum Gasteiger partial charge on any atom is -0.497 e. The van der Waals surface area contributed by atoms with E-state index in [1.807, 2.05) is 38.1 Å². The number of methoxy groups -OCH3 is 1. The number of ether oxygens (including phenoxy) is 1. The molecule has 0 heterocycles. The molecule has 1 aromatic rings. The lowest BCUT2D eigenvalue weighted by Gasteiger charge is -2.28. The third-order valence-corrected chi connectivity index (χ3v) is 4.49. The monoisotopic (exact) mass is 291 g/mol. The van der Waals surface area contributed by atoms with Crippen LogP contribution in [0.1, 0.15) is 45.1 Å². The zero-order valence-electron chi connectivity index (χ0n) is 13.1. The number of rotatable bonds is 5. The summed E-state index contributed by atoms with van der Waals surface area (Å²) in [6.07, 6.45) is 3.62. The average molecular weight is 291 g/mol. The van der Waals surface area contributed by atoms with Crippen LogP contribution >= 0.6 is 0 Å². The molecule has 1 aliphatic rings. The molecule has 1 amide bonds. The van der Waals surface area contributed by atoms with Crippen LogP contribution in [0.25, 0.3) is 0 Å². The van der Waals surface area contributed by atoms with Crippen LogP contribution in [-0.4, -0.2) is 30.3 Å². The summed E-state index contributed by atoms with van der Waals surface area (Å²) in [6, 6.07) is 7.52. The van der Waals surface area contributed by atoms with E-state index in [0.29, 0.717) is 6.54 Å². The second-order valence-electron chi connectivity index (χ2n) is 6.47. The highest BCUT2D eigenvalue weighted by Crippen LogP contribution is 2.30. The Morgan fingerprint density at radius 1 is 1.29 bits per heavy atom. The van der Waals surface area contributed by atoms with E-state index >= 15 is 0 Å². The van der Waals surface area contributed by atoms with Crippen molar-refractivity contribution in [2.75, 3.05) is 13.7 Å². The Kier molecular flexibility index (Phi) is 4.57. The molecule has 0 unspecified atom stereocenters. The molecule has 1 fully saturated rings. The number of carbonyl (C=O) groups is 1. The normalized spacial score (nSPS) is 17.5. The van der Waals surface area contributed by atoms with E-state index < -0.39 is 11.0 Å². The number of amides is 1. The molecule has 0 atom stereocenters. The Morgan fingerprint density at radius 2 is 1.86 bits per heavy atom. The van der Waals surface area contributed by atoms with Crippen molar-refractivity contribution in [3.05, 3.63) is 29.8 Å². The summed E-state index contributed by atoms with van der Waals surface area (Å²) in [5, 5.41) is 13.2. The third-order valence-electron chi connectivity index (χ3n) is 4.49. The molecular weight excluding hydrogens is 266 g/mol. The molecule has 116 valence electrons. The molecule has 4 nitrogen and oxygen atoms in total. The van der Waals surface area contributed by atoms with E-state index in [0.717, 1.165) is 37.0 Å². The van der Waals surface area contributed by atoms with Gasteiger partial charge in [-0.05, 0) is 44.4 Å². The van der Waals surface area contributed by atoms with Gasteiger partial charge in [0.1, 0.15) is 5.75 Å². The van der Waals surface area contributed by atoms with Gasteiger partial charge in [-0.15, -0.1) is 0 Å². The number of hydrogen-bond donors (Lipinski definition) is 2. The summed E-state index contributed by atoms with van der Waals surface area (Å²) in [5.41, 5.74) is -0.424. The quantitative estimate of drug-likeness (QED) is 0.876. The van der Waals surface area contributed by atoms with Crippen molar-refractivity contribution in [2.24, 2.45) is 0 Å². The van der Waals surface area contributed by atoms with Gasteiger partial charge in [0, 0.05) is 6.54 Å². The Morgan fingerprint density at radius 3 is 2.38 bits per heavy atom. The first-order valence-electron chi connectivity index (χ1n) is 7.53. The average Bonchev–Trinajstić information content (AvgIpc) is 2.92. The minimum atomic E-state index is -0.717. The lowest BCUT2D eigenvalue weighted by molar-refractivity contribution is -0.126. The van der Waals surface area contributed by atoms with Crippen molar-refractivity contribution >= 4 is 5.91 Å². The first kappa shape index (κ1) is 15.8. The maximum Gasteiger partial charge on any atom is 0.230 e. The molecule has 1 aromatic carbocycles. The lowest BCUT2D eigenvalue weighted by atomic mass is 9.83. The molecule has 0 aromatic heterocycles. The maximum atomic E-state index is 12.5. The van der Waals surface area contributed by atoms with Gasteiger partial charge >= 0.3 is 0 Å². The number of hydrogen-bond acceptors (Lipinski definition) is 3. The van der Waals surface area contributed by atoms with Crippen LogP contribution in [0.5, 0.6) is 5.75 Å². The number of nitrogens with one attached hydrogen (secondary N) is 1.